The van der Waals surface area contributed by atoms with Crippen molar-refractivity contribution in [1.29, 1.82) is 0 Å². The fourth-order valence-corrected chi connectivity index (χ4v) is 4.31. The predicted molar refractivity (Wildman–Crippen MR) is 120 cm³/mol. The van der Waals surface area contributed by atoms with Crippen molar-refractivity contribution in [2.24, 2.45) is 0 Å². The van der Waals surface area contributed by atoms with Gasteiger partial charge in [-0.05, 0) is 90.6 Å². The van der Waals surface area contributed by atoms with Crippen molar-refractivity contribution < 1.29 is 0 Å². The van der Waals surface area contributed by atoms with Crippen LogP contribution in [0.4, 0.5) is 0 Å². The molecule has 2 aliphatic rings. The van der Waals surface area contributed by atoms with Gasteiger partial charge in [-0.2, -0.15) is 0 Å². The molecule has 0 saturated carbocycles. The van der Waals surface area contributed by atoms with E-state index >= 15 is 0 Å². The maximum atomic E-state index is 4.66. The Morgan fingerprint density at radius 2 is 1.33 bits per heavy atom. The maximum absolute atomic E-state index is 4.66. The molecule has 2 heterocycles. The molecule has 142 valence electrons. The van der Waals surface area contributed by atoms with Gasteiger partial charge in [0.15, 0.2) is 0 Å². The van der Waals surface area contributed by atoms with Crippen molar-refractivity contribution in [2.45, 2.75) is 71.0 Å². The zero-order chi connectivity index (χ0) is 19.3. The van der Waals surface area contributed by atoms with Gasteiger partial charge in [0.1, 0.15) is 18.4 Å². The van der Waals surface area contributed by atoms with Crippen LogP contribution in [0.3, 0.4) is 0 Å². The van der Waals surface area contributed by atoms with Crippen LogP contribution in [-0.4, -0.2) is 18.0 Å². The first kappa shape index (κ1) is 20.3. The maximum Gasteiger partial charge on any atom is 0.129 e. The van der Waals surface area contributed by atoms with E-state index in [2.05, 4.69) is 75.2 Å². The van der Waals surface area contributed by atoms with Gasteiger partial charge in [0, 0.05) is 11.4 Å². The highest BCUT2D eigenvalue weighted by molar-refractivity contribution is 9.10. The molecule has 2 aromatic heterocycles. The van der Waals surface area contributed by atoms with Crippen LogP contribution >= 0.6 is 15.9 Å². The molecule has 0 aromatic carbocycles. The number of halogens is 1. The summed E-state index contributed by atoms with van der Waals surface area (Å²) in [6, 6.07) is 8.52. The van der Waals surface area contributed by atoms with Crippen molar-refractivity contribution in [2.75, 3.05) is 0 Å². The van der Waals surface area contributed by atoms with Crippen LogP contribution in [0.15, 0.2) is 28.9 Å². The lowest BCUT2D eigenvalue weighted by atomic mass is 9.96. The van der Waals surface area contributed by atoms with Crippen LogP contribution in [0.2, 0.25) is 19.6 Å². The van der Waals surface area contributed by atoms with Gasteiger partial charge in [-0.3, -0.25) is 0 Å². The van der Waals surface area contributed by atoms with E-state index in [1.165, 1.54) is 61.0 Å². The molecule has 0 atom stereocenters. The minimum absolute atomic E-state index is 0.961. The Bertz CT molecular complexity index is 859. The lowest BCUT2D eigenvalue weighted by Crippen LogP contribution is -2.16. The molecule has 0 spiro atoms. The summed E-state index contributed by atoms with van der Waals surface area (Å²) in [6.07, 6.45) is 9.94. The van der Waals surface area contributed by atoms with Gasteiger partial charge in [-0.15, -0.1) is 5.54 Å². The molecular weight excluding hydrogens is 412 g/mol. The first-order valence-corrected chi connectivity index (χ1v) is 14.4. The molecule has 2 nitrogen and oxygen atoms in total. The number of aromatic nitrogens is 2. The highest BCUT2D eigenvalue weighted by atomic mass is 79.9. The number of pyridine rings is 2. The van der Waals surface area contributed by atoms with Gasteiger partial charge in [0.25, 0.3) is 0 Å². The van der Waals surface area contributed by atoms with Crippen LogP contribution in [0, 0.1) is 11.5 Å². The molecule has 0 N–H and O–H groups in total. The molecule has 0 amide bonds. The van der Waals surface area contributed by atoms with Crippen molar-refractivity contribution in [3.8, 4) is 11.5 Å². The van der Waals surface area contributed by atoms with Crippen molar-refractivity contribution in [1.82, 2.24) is 9.97 Å². The smallest absolute Gasteiger partial charge is 0.129 e. The second-order valence-corrected chi connectivity index (χ2v) is 14.0. The van der Waals surface area contributed by atoms with Gasteiger partial charge in [-0.1, -0.05) is 37.7 Å². The van der Waals surface area contributed by atoms with E-state index in [4.69, 9.17) is 0 Å². The van der Waals surface area contributed by atoms with Gasteiger partial charge >= 0.3 is 0 Å². The monoisotopic (exact) mass is 440 g/mol. The average molecular weight is 441 g/mol. The third-order valence-electron chi connectivity index (χ3n) is 4.89. The van der Waals surface area contributed by atoms with E-state index in [1.807, 2.05) is 6.07 Å². The quantitative estimate of drug-likeness (QED) is 0.288. The highest BCUT2D eigenvalue weighted by Crippen LogP contribution is 2.21. The van der Waals surface area contributed by atoms with Crippen molar-refractivity contribution >= 4 is 24.0 Å². The fraction of sp³-hybridized carbons (Fsp3) is 0.478. The summed E-state index contributed by atoms with van der Waals surface area (Å²) in [6.45, 7) is 6.79. The molecule has 4 heteroatoms. The van der Waals surface area contributed by atoms with Crippen LogP contribution in [0.1, 0.15) is 53.9 Å². The van der Waals surface area contributed by atoms with E-state index < -0.39 is 8.07 Å². The number of hydrogen-bond acceptors (Lipinski definition) is 2. The second kappa shape index (κ2) is 9.17. The van der Waals surface area contributed by atoms with E-state index in [0.29, 0.717) is 0 Å². The first-order valence-electron chi connectivity index (χ1n) is 10.1. The zero-order valence-corrected chi connectivity index (χ0v) is 19.3. The summed E-state index contributed by atoms with van der Waals surface area (Å²) < 4.78 is 0.971. The topological polar surface area (TPSA) is 25.8 Å². The standard InChI is InChI=1S/C14H19NSi.C9H10BrN/c1-16(2,3)11-10-13-9-8-12-6-4-5-7-14(12)15-13;10-9-6-5-7-3-1-2-4-8(7)11-9/h8-9H,4-7H2,1-3H3;5-6H,1-4H2. The molecule has 27 heavy (non-hydrogen) atoms. The first-order chi connectivity index (χ1) is 12.9. The van der Waals surface area contributed by atoms with Crippen LogP contribution < -0.4 is 0 Å². The van der Waals surface area contributed by atoms with Crippen LogP contribution in [-0.2, 0) is 25.7 Å². The normalized spacial score (nSPS) is 15.4. The summed E-state index contributed by atoms with van der Waals surface area (Å²) in [4.78, 5) is 9.10. The van der Waals surface area contributed by atoms with Gasteiger partial charge in [0.2, 0.25) is 0 Å². The third kappa shape index (κ3) is 6.29. The number of rotatable bonds is 0. The Hall–Kier alpha value is -1.44. The summed E-state index contributed by atoms with van der Waals surface area (Å²) in [5.41, 5.74) is 9.79. The molecule has 0 aliphatic heterocycles. The Morgan fingerprint density at radius 1 is 0.778 bits per heavy atom. The molecule has 0 bridgehead atoms. The largest absolute Gasteiger partial charge is 0.246 e. The molecule has 0 unspecified atom stereocenters. The van der Waals surface area contributed by atoms with Gasteiger partial charge < -0.3 is 0 Å². The van der Waals surface area contributed by atoms with E-state index in [-0.39, 0.29) is 0 Å². The van der Waals surface area contributed by atoms with Gasteiger partial charge in [-0.25, -0.2) is 9.97 Å². The molecule has 0 radical (unpaired) electrons. The lowest BCUT2D eigenvalue weighted by Gasteiger charge is -2.14. The summed E-state index contributed by atoms with van der Waals surface area (Å²) >= 11 is 3.38. The summed E-state index contributed by atoms with van der Waals surface area (Å²) in [5, 5.41) is 0. The zero-order valence-electron chi connectivity index (χ0n) is 16.7. The van der Waals surface area contributed by atoms with E-state index in [9.17, 15) is 0 Å². The third-order valence-corrected chi connectivity index (χ3v) is 6.20. The lowest BCUT2D eigenvalue weighted by molar-refractivity contribution is 0.666. The van der Waals surface area contributed by atoms with Crippen LogP contribution in [0.25, 0.3) is 0 Å². The Morgan fingerprint density at radius 3 is 1.96 bits per heavy atom. The summed E-state index contributed by atoms with van der Waals surface area (Å²) in [7, 11) is -1.28. The Kier molecular flexibility index (Phi) is 6.89. The molecule has 4 rings (SSSR count). The number of aryl methyl sites for hydroxylation is 4. The Labute approximate surface area is 173 Å². The average Bonchev–Trinajstić information content (AvgIpc) is 2.66. The van der Waals surface area contributed by atoms with Crippen LogP contribution in [0.5, 0.6) is 0 Å². The molecule has 0 fully saturated rings. The highest BCUT2D eigenvalue weighted by Gasteiger charge is 2.11. The predicted octanol–water partition coefficient (Wildman–Crippen LogP) is 5.91. The SMILES string of the molecule is Brc1ccc2c(n1)CCCC2.C[Si](C)(C)C#Cc1ccc2c(n1)CCCC2. The Balaban J connectivity index is 0.000000166. The van der Waals surface area contributed by atoms with Crippen molar-refractivity contribution in [3.63, 3.8) is 0 Å². The molecule has 2 aromatic rings. The molecule has 2 aliphatic carbocycles. The van der Waals surface area contributed by atoms with Gasteiger partial charge in [0.05, 0.1) is 0 Å². The molecular formula is C23H29BrN2Si. The minimum Gasteiger partial charge on any atom is -0.246 e. The fourth-order valence-electron chi connectivity index (χ4n) is 3.46. The second-order valence-electron chi connectivity index (χ2n) is 8.46. The number of fused-ring (bicyclic) bond motifs is 2. The van der Waals surface area contributed by atoms with Crippen molar-refractivity contribution in [3.05, 3.63) is 57.1 Å². The molecule has 0 saturated heterocycles. The van der Waals surface area contributed by atoms with E-state index in [1.54, 1.807) is 0 Å². The minimum atomic E-state index is -1.28. The number of nitrogens with zero attached hydrogens (tertiary/aromatic N) is 2. The summed E-state index contributed by atoms with van der Waals surface area (Å²) in [5.74, 6) is 3.24. The van der Waals surface area contributed by atoms with E-state index in [0.717, 1.165) is 23.1 Å². The number of hydrogen-bond donors (Lipinski definition) is 0.